The summed E-state index contributed by atoms with van der Waals surface area (Å²) in [6.45, 7) is 0.675. The predicted molar refractivity (Wildman–Crippen MR) is 97.6 cm³/mol. The number of likely N-dealkylation sites (tertiary alicyclic amines) is 1. The number of amides is 1. The lowest BCUT2D eigenvalue weighted by molar-refractivity contribution is 0.0569. The summed E-state index contributed by atoms with van der Waals surface area (Å²) in [4.78, 5) is 23.2. The molecule has 0 bridgehead atoms. The maximum absolute atomic E-state index is 13.1. The summed E-state index contributed by atoms with van der Waals surface area (Å²) >= 11 is 0. The van der Waals surface area contributed by atoms with Gasteiger partial charge in [-0.3, -0.25) is 9.78 Å². The smallest absolute Gasteiger partial charge is 0.256 e. The van der Waals surface area contributed by atoms with Gasteiger partial charge in [-0.1, -0.05) is 12.1 Å². The van der Waals surface area contributed by atoms with Crippen LogP contribution in [0.2, 0.25) is 0 Å². The van der Waals surface area contributed by atoms with Crippen molar-refractivity contribution in [2.45, 2.75) is 31.7 Å². The Morgan fingerprint density at radius 1 is 1.19 bits per heavy atom. The van der Waals surface area contributed by atoms with Gasteiger partial charge in [-0.15, -0.1) is 0 Å². The minimum Gasteiger partial charge on any atom is -0.443 e. The summed E-state index contributed by atoms with van der Waals surface area (Å²) in [6, 6.07) is 9.69. The Balaban J connectivity index is 1.53. The molecule has 1 fully saturated rings. The topological polar surface area (TPSA) is 59.2 Å². The van der Waals surface area contributed by atoms with Crippen molar-refractivity contribution in [1.29, 1.82) is 0 Å². The number of hydrogen-bond donors (Lipinski definition) is 0. The molecule has 0 spiro atoms. The Bertz CT molecular complexity index is 909. The highest BCUT2D eigenvalue weighted by molar-refractivity contribution is 5.94. The van der Waals surface area contributed by atoms with Crippen molar-refractivity contribution in [3.05, 3.63) is 83.6 Å². The van der Waals surface area contributed by atoms with E-state index in [4.69, 9.17) is 4.42 Å². The number of carbonyl (C=O) groups excluding carboxylic acids is 1. The van der Waals surface area contributed by atoms with E-state index in [9.17, 15) is 9.18 Å². The molecule has 138 valence electrons. The van der Waals surface area contributed by atoms with Crippen LogP contribution in [0, 0.1) is 5.82 Å². The average Bonchev–Trinajstić information content (AvgIpc) is 3.18. The third-order valence-electron chi connectivity index (χ3n) is 4.82. The van der Waals surface area contributed by atoms with Gasteiger partial charge in [0.05, 0.1) is 11.8 Å². The molecule has 2 aromatic heterocycles. The molecule has 1 saturated heterocycles. The maximum Gasteiger partial charge on any atom is 0.256 e. The van der Waals surface area contributed by atoms with E-state index in [1.165, 1.54) is 12.1 Å². The van der Waals surface area contributed by atoms with Crippen molar-refractivity contribution in [2.75, 3.05) is 6.54 Å². The number of rotatable bonds is 4. The summed E-state index contributed by atoms with van der Waals surface area (Å²) in [5.74, 6) is 0.954. The number of halogens is 1. The number of carbonyl (C=O) groups is 1. The molecule has 3 heterocycles. The molecule has 5 nitrogen and oxygen atoms in total. The van der Waals surface area contributed by atoms with E-state index in [0.717, 1.165) is 24.8 Å². The van der Waals surface area contributed by atoms with E-state index in [1.54, 1.807) is 42.9 Å². The molecule has 27 heavy (non-hydrogen) atoms. The highest BCUT2D eigenvalue weighted by Crippen LogP contribution is 2.32. The van der Waals surface area contributed by atoms with Crippen molar-refractivity contribution in [2.24, 2.45) is 0 Å². The normalized spacial score (nSPS) is 17.1. The van der Waals surface area contributed by atoms with Crippen LogP contribution in [0.4, 0.5) is 4.39 Å². The number of piperidine rings is 1. The van der Waals surface area contributed by atoms with Gasteiger partial charge in [-0.25, -0.2) is 9.37 Å². The van der Waals surface area contributed by atoms with E-state index in [2.05, 4.69) is 9.97 Å². The number of pyridine rings is 1. The summed E-state index contributed by atoms with van der Waals surface area (Å²) < 4.78 is 19.0. The third-order valence-corrected chi connectivity index (χ3v) is 4.82. The second-order valence-electron chi connectivity index (χ2n) is 6.72. The van der Waals surface area contributed by atoms with E-state index >= 15 is 0 Å². The van der Waals surface area contributed by atoms with Crippen LogP contribution in [0.3, 0.4) is 0 Å². The van der Waals surface area contributed by atoms with Crippen LogP contribution in [0.5, 0.6) is 0 Å². The monoisotopic (exact) mass is 365 g/mol. The van der Waals surface area contributed by atoms with Gasteiger partial charge < -0.3 is 9.32 Å². The first-order valence-electron chi connectivity index (χ1n) is 9.11. The van der Waals surface area contributed by atoms with Crippen LogP contribution < -0.4 is 0 Å². The highest BCUT2D eigenvalue weighted by atomic mass is 19.1. The number of hydrogen-bond acceptors (Lipinski definition) is 4. The third kappa shape index (κ3) is 3.89. The first-order valence-corrected chi connectivity index (χ1v) is 9.11. The van der Waals surface area contributed by atoms with Gasteiger partial charge in [-0.05, 0) is 49.1 Å². The first kappa shape index (κ1) is 17.4. The molecule has 0 aliphatic carbocycles. The van der Waals surface area contributed by atoms with Gasteiger partial charge in [-0.2, -0.15) is 0 Å². The molecule has 1 amide bonds. The number of benzene rings is 1. The zero-order valence-corrected chi connectivity index (χ0v) is 14.8. The van der Waals surface area contributed by atoms with Crippen LogP contribution in [-0.2, 0) is 6.42 Å². The largest absolute Gasteiger partial charge is 0.443 e. The number of aromatic nitrogens is 2. The fourth-order valence-corrected chi connectivity index (χ4v) is 3.45. The van der Waals surface area contributed by atoms with Gasteiger partial charge in [0, 0.05) is 25.4 Å². The van der Waals surface area contributed by atoms with Gasteiger partial charge in [0.2, 0.25) is 5.89 Å². The first-order chi connectivity index (χ1) is 13.2. The molecular weight excluding hydrogens is 345 g/mol. The number of nitrogens with zero attached hydrogens (tertiary/aromatic N) is 3. The van der Waals surface area contributed by atoms with E-state index in [0.29, 0.717) is 30.2 Å². The Kier molecular flexibility index (Phi) is 4.96. The van der Waals surface area contributed by atoms with Crippen molar-refractivity contribution < 1.29 is 13.6 Å². The van der Waals surface area contributed by atoms with Crippen molar-refractivity contribution in [3.8, 4) is 0 Å². The van der Waals surface area contributed by atoms with Crippen molar-refractivity contribution >= 4 is 5.91 Å². The van der Waals surface area contributed by atoms with Gasteiger partial charge >= 0.3 is 0 Å². The van der Waals surface area contributed by atoms with E-state index in [1.807, 2.05) is 4.90 Å². The molecular formula is C21H20FN3O2. The standard InChI is InChI=1S/C21H20FN3O2/c22-17-8-6-15(7-9-17)12-18-14-24-20(27-18)19-5-1-2-11-25(19)21(26)16-4-3-10-23-13-16/h3-4,6-10,13-14,19H,1-2,5,11-12H2/t19-/m0/s1. The molecule has 1 atom stereocenters. The molecule has 0 unspecified atom stereocenters. The van der Waals surface area contributed by atoms with Gasteiger partial charge in [0.15, 0.2) is 0 Å². The Labute approximate surface area is 156 Å². The molecule has 0 N–H and O–H groups in total. The molecule has 6 heteroatoms. The van der Waals surface area contributed by atoms with E-state index < -0.39 is 0 Å². The molecule has 1 aliphatic heterocycles. The fourth-order valence-electron chi connectivity index (χ4n) is 3.45. The van der Waals surface area contributed by atoms with Gasteiger partial charge in [0.1, 0.15) is 17.6 Å². The Hall–Kier alpha value is -3.02. The van der Waals surface area contributed by atoms with Crippen molar-refractivity contribution in [1.82, 2.24) is 14.9 Å². The predicted octanol–water partition coefficient (Wildman–Crippen LogP) is 4.17. The molecule has 0 saturated carbocycles. The van der Waals surface area contributed by atoms with Crippen LogP contribution in [0.1, 0.15) is 52.9 Å². The average molecular weight is 365 g/mol. The Morgan fingerprint density at radius 3 is 2.81 bits per heavy atom. The minimum absolute atomic E-state index is 0.0499. The van der Waals surface area contributed by atoms with Gasteiger partial charge in [0.25, 0.3) is 5.91 Å². The molecule has 3 aromatic rings. The minimum atomic E-state index is -0.260. The second kappa shape index (κ2) is 7.70. The zero-order valence-electron chi connectivity index (χ0n) is 14.8. The summed E-state index contributed by atoms with van der Waals surface area (Å²) in [7, 11) is 0. The molecule has 1 aromatic carbocycles. The molecule has 4 rings (SSSR count). The summed E-state index contributed by atoms with van der Waals surface area (Å²) in [5.41, 5.74) is 1.52. The lowest BCUT2D eigenvalue weighted by atomic mass is 10.0. The second-order valence-corrected chi connectivity index (χ2v) is 6.72. The maximum atomic E-state index is 13.1. The zero-order chi connectivity index (χ0) is 18.6. The summed E-state index contributed by atoms with van der Waals surface area (Å²) in [5, 5.41) is 0. The fraction of sp³-hybridized carbons (Fsp3) is 0.286. The Morgan fingerprint density at radius 2 is 2.04 bits per heavy atom. The van der Waals surface area contributed by atoms with Crippen LogP contribution in [-0.4, -0.2) is 27.3 Å². The van der Waals surface area contributed by atoms with Crippen LogP contribution >= 0.6 is 0 Å². The lowest BCUT2D eigenvalue weighted by Crippen LogP contribution is -2.38. The lowest BCUT2D eigenvalue weighted by Gasteiger charge is -2.33. The highest BCUT2D eigenvalue weighted by Gasteiger charge is 2.32. The van der Waals surface area contributed by atoms with Crippen LogP contribution in [0.15, 0.2) is 59.4 Å². The summed E-state index contributed by atoms with van der Waals surface area (Å²) in [6.07, 6.45) is 8.28. The van der Waals surface area contributed by atoms with E-state index in [-0.39, 0.29) is 17.8 Å². The SMILES string of the molecule is O=C(c1cccnc1)N1CCCC[C@H]1c1ncc(Cc2ccc(F)cc2)o1. The molecule has 0 radical (unpaired) electrons. The quantitative estimate of drug-likeness (QED) is 0.696. The molecule has 1 aliphatic rings. The van der Waals surface area contributed by atoms with Crippen LogP contribution in [0.25, 0.3) is 0 Å². The number of oxazole rings is 1. The van der Waals surface area contributed by atoms with Crippen molar-refractivity contribution in [3.63, 3.8) is 0 Å².